The monoisotopic (exact) mass is 124 g/mol. The van der Waals surface area contributed by atoms with E-state index in [2.05, 4.69) is 0 Å². The van der Waals surface area contributed by atoms with Gasteiger partial charge in [0.15, 0.2) is 0 Å². The van der Waals surface area contributed by atoms with Crippen LogP contribution in [-0.2, 0) is 17.1 Å². The Bertz CT molecular complexity index is 8.00. The van der Waals surface area contributed by atoms with E-state index in [1.807, 2.05) is 0 Å². The molecule has 0 saturated carbocycles. The molecular weight excluding hydrogens is 122 g/mol. The van der Waals surface area contributed by atoms with Crippen molar-refractivity contribution in [1.82, 2.24) is 0 Å². The van der Waals surface area contributed by atoms with E-state index >= 15 is 0 Å². The average molecular weight is 125 g/mol. The minimum absolute atomic E-state index is 0. The van der Waals surface area contributed by atoms with E-state index < -0.39 is 0 Å². The first kappa shape index (κ1) is 32.2. The summed E-state index contributed by atoms with van der Waals surface area (Å²) in [6.45, 7) is 0. The molecule has 0 spiro atoms. The fourth-order valence-corrected chi connectivity index (χ4v) is 0. The van der Waals surface area contributed by atoms with Crippen molar-refractivity contribution in [3.63, 3.8) is 0 Å². The Kier molecular flexibility index (Phi) is 146. The van der Waals surface area contributed by atoms with E-state index in [1.54, 1.807) is 0 Å². The summed E-state index contributed by atoms with van der Waals surface area (Å²) in [6.07, 6.45) is 0. The zero-order valence-electron chi connectivity index (χ0n) is 0.879. The van der Waals surface area contributed by atoms with Gasteiger partial charge < -0.3 is 0 Å². The Labute approximate surface area is 75.4 Å². The fraction of sp³-hybridized carbons (Fsp3) is 0. The van der Waals surface area contributed by atoms with Gasteiger partial charge in [0.2, 0.25) is 0 Å². The van der Waals surface area contributed by atoms with Gasteiger partial charge >= 0.3 is 41.9 Å². The molecule has 4 heteroatoms. The van der Waals surface area contributed by atoms with Gasteiger partial charge in [0, 0.05) is 34.4 Å². The zero-order chi connectivity index (χ0) is 0. The Morgan fingerprint density at radius 2 is 1.00 bits per heavy atom. The SMILES string of the molecule is [Al].[Cu].[LiH].[MgH2]. The maximum atomic E-state index is 0. The summed E-state index contributed by atoms with van der Waals surface area (Å²) < 4.78 is 0. The van der Waals surface area contributed by atoms with Gasteiger partial charge in [-0.3, -0.25) is 0 Å². The second kappa shape index (κ2) is 18.1. The van der Waals surface area contributed by atoms with Crippen LogP contribution in [0.3, 0.4) is 0 Å². The third kappa shape index (κ3) is 8.83. The van der Waals surface area contributed by atoms with Crippen molar-refractivity contribution in [2.45, 2.75) is 0 Å². The molecule has 4 radical (unpaired) electrons. The molecule has 0 unspecified atom stereocenters. The summed E-state index contributed by atoms with van der Waals surface area (Å²) in [6, 6.07) is 0. The molecule has 0 aliphatic heterocycles. The van der Waals surface area contributed by atoms with Crippen LogP contribution in [0.5, 0.6) is 0 Å². The van der Waals surface area contributed by atoms with Crippen LogP contribution in [0.2, 0.25) is 0 Å². The second-order valence-corrected chi connectivity index (χ2v) is 0. The van der Waals surface area contributed by atoms with Crippen LogP contribution in [0.25, 0.3) is 0 Å². The summed E-state index contributed by atoms with van der Waals surface area (Å²) >= 11 is 0. The first-order chi connectivity index (χ1) is 0. The second-order valence-electron chi connectivity index (χ2n) is 0. The van der Waals surface area contributed by atoms with Crippen LogP contribution >= 0.6 is 0 Å². The number of hydrogen-bond acceptors (Lipinski definition) is 0. The van der Waals surface area contributed by atoms with Gasteiger partial charge in [-0.25, -0.2) is 0 Å². The molecule has 0 aromatic rings. The summed E-state index contributed by atoms with van der Waals surface area (Å²) in [5.74, 6) is 0. The first-order valence-electron chi connectivity index (χ1n) is 0. The smallest absolute Gasteiger partial charge is 0.316 e. The molecule has 0 aromatic carbocycles. The van der Waals surface area contributed by atoms with Gasteiger partial charge in [0.25, 0.3) is 0 Å². The molecule has 0 N–H and O–H groups in total. The van der Waals surface area contributed by atoms with Crippen LogP contribution in [0.15, 0.2) is 0 Å². The van der Waals surface area contributed by atoms with E-state index in [0.717, 1.165) is 0 Å². The maximum absolute atomic E-state index is 0. The number of hydrogen-bond donors (Lipinski definition) is 0. The molecule has 0 fully saturated rings. The molecule has 20 valence electrons. The Hall–Kier alpha value is 2.42. The normalized spacial score (nSPS) is 0. The predicted octanol–water partition coefficient (Wildman–Crippen LogP) is -1.95. The topological polar surface area (TPSA) is 0 Å². The Morgan fingerprint density at radius 1 is 1.00 bits per heavy atom. The van der Waals surface area contributed by atoms with Crippen molar-refractivity contribution in [1.29, 1.82) is 0 Å². The Balaban J connectivity index is 0. The van der Waals surface area contributed by atoms with E-state index in [4.69, 9.17) is 0 Å². The molecular formula is H3AlCuLiMg. The summed E-state index contributed by atoms with van der Waals surface area (Å²) in [5.41, 5.74) is 0. The molecule has 0 rings (SSSR count). The molecule has 0 aromatic heterocycles. The standard InChI is InChI=1S/Al.Cu.Li.Mg.3H. The fourth-order valence-electron chi connectivity index (χ4n) is 0. The zero-order valence-corrected chi connectivity index (χ0v) is 2.98. The van der Waals surface area contributed by atoms with Crippen molar-refractivity contribution >= 4 is 59.3 Å². The molecule has 0 saturated heterocycles. The van der Waals surface area contributed by atoms with Gasteiger partial charge in [0.05, 0.1) is 0 Å². The third-order valence-electron chi connectivity index (χ3n) is 0. The quantitative estimate of drug-likeness (QED) is 0.330. The van der Waals surface area contributed by atoms with Gasteiger partial charge in [0.1, 0.15) is 0 Å². The van der Waals surface area contributed by atoms with Gasteiger partial charge in [-0.05, 0) is 0 Å². The Morgan fingerprint density at radius 3 is 1.00 bits per heavy atom. The molecule has 0 aliphatic carbocycles. The van der Waals surface area contributed by atoms with E-state index in [1.165, 1.54) is 0 Å². The van der Waals surface area contributed by atoms with Crippen LogP contribution in [0.1, 0.15) is 0 Å². The molecule has 0 bridgehead atoms. The van der Waals surface area contributed by atoms with Crippen molar-refractivity contribution in [3.05, 3.63) is 0 Å². The number of rotatable bonds is 0. The average Bonchev–Trinajstić information content (AvgIpc) is 0. The van der Waals surface area contributed by atoms with Crippen LogP contribution in [0, 0.1) is 0 Å². The molecule has 0 aliphatic rings. The van der Waals surface area contributed by atoms with Crippen LogP contribution in [0.4, 0.5) is 0 Å². The molecule has 0 heterocycles. The van der Waals surface area contributed by atoms with Crippen molar-refractivity contribution in [2.75, 3.05) is 0 Å². The molecule has 0 amide bonds. The predicted molar refractivity (Wildman–Crippen MR) is 21.4 cm³/mol. The van der Waals surface area contributed by atoms with Gasteiger partial charge in [-0.2, -0.15) is 0 Å². The maximum Gasteiger partial charge on any atom is 0.316 e. The van der Waals surface area contributed by atoms with E-state index in [-0.39, 0.29) is 76.3 Å². The minimum atomic E-state index is 0. The third-order valence-corrected chi connectivity index (χ3v) is 0. The first-order valence-corrected chi connectivity index (χ1v) is 0. The van der Waals surface area contributed by atoms with Crippen molar-refractivity contribution in [2.24, 2.45) is 0 Å². The minimum Gasteiger partial charge on any atom is 0.316 e. The van der Waals surface area contributed by atoms with Crippen LogP contribution in [-0.4, -0.2) is 59.3 Å². The largest absolute Gasteiger partial charge is 0.316 e. The van der Waals surface area contributed by atoms with Gasteiger partial charge in [-0.15, -0.1) is 0 Å². The summed E-state index contributed by atoms with van der Waals surface area (Å²) in [7, 11) is 0. The van der Waals surface area contributed by atoms with Gasteiger partial charge in [-0.1, -0.05) is 0 Å². The van der Waals surface area contributed by atoms with E-state index in [0.29, 0.717) is 0 Å². The molecule has 4 heavy (non-hydrogen) atoms. The van der Waals surface area contributed by atoms with E-state index in [9.17, 15) is 0 Å². The van der Waals surface area contributed by atoms with Crippen LogP contribution < -0.4 is 0 Å². The molecule has 0 nitrogen and oxygen atoms in total. The van der Waals surface area contributed by atoms with Crippen molar-refractivity contribution < 1.29 is 17.1 Å². The molecule has 0 atom stereocenters. The summed E-state index contributed by atoms with van der Waals surface area (Å²) in [4.78, 5) is 0. The summed E-state index contributed by atoms with van der Waals surface area (Å²) in [5, 5.41) is 0. The van der Waals surface area contributed by atoms with Crippen molar-refractivity contribution in [3.8, 4) is 0 Å².